The lowest BCUT2D eigenvalue weighted by molar-refractivity contribution is 0.0527. The van der Waals surface area contributed by atoms with Gasteiger partial charge in [0.1, 0.15) is 5.00 Å². The van der Waals surface area contributed by atoms with Gasteiger partial charge >= 0.3 is 5.97 Å². The lowest BCUT2D eigenvalue weighted by Crippen LogP contribution is -2.15. The zero-order chi connectivity index (χ0) is 15.6. The summed E-state index contributed by atoms with van der Waals surface area (Å²) in [6, 6.07) is 0. The third-order valence-corrected chi connectivity index (χ3v) is 4.29. The molecule has 0 aliphatic carbocycles. The highest BCUT2D eigenvalue weighted by atomic mass is 32.1. The molecule has 0 saturated carbocycles. The fraction of sp³-hybridized carbons (Fsp3) is 0.357. The Morgan fingerprint density at radius 3 is 2.67 bits per heavy atom. The molecule has 0 unspecified atom stereocenters. The summed E-state index contributed by atoms with van der Waals surface area (Å²) in [6.07, 6.45) is 1.46. The number of esters is 1. The first-order chi connectivity index (χ1) is 9.95. The first-order valence-electron chi connectivity index (χ1n) is 6.54. The number of aromatic amines is 1. The number of thiophene rings is 1. The molecule has 112 valence electrons. The monoisotopic (exact) mass is 307 g/mol. The van der Waals surface area contributed by atoms with Gasteiger partial charge in [-0.2, -0.15) is 5.10 Å². The van der Waals surface area contributed by atoms with Gasteiger partial charge in [0.05, 0.1) is 23.9 Å². The molecular weight excluding hydrogens is 290 g/mol. The number of nitrogens with one attached hydrogen (secondary N) is 2. The summed E-state index contributed by atoms with van der Waals surface area (Å²) in [7, 11) is 0. The van der Waals surface area contributed by atoms with E-state index in [-0.39, 0.29) is 5.91 Å². The van der Waals surface area contributed by atoms with Gasteiger partial charge in [0.25, 0.3) is 5.91 Å². The Balaban J connectivity index is 2.32. The van der Waals surface area contributed by atoms with Crippen LogP contribution in [0.4, 0.5) is 5.00 Å². The summed E-state index contributed by atoms with van der Waals surface area (Å²) in [5, 5.41) is 9.81. The fourth-order valence-electron chi connectivity index (χ4n) is 1.91. The average Bonchev–Trinajstić information content (AvgIpc) is 2.95. The van der Waals surface area contributed by atoms with Crippen molar-refractivity contribution >= 4 is 28.2 Å². The molecule has 0 radical (unpaired) electrons. The number of ether oxygens (including phenoxy) is 1. The van der Waals surface area contributed by atoms with Crippen molar-refractivity contribution in [2.45, 2.75) is 27.7 Å². The highest BCUT2D eigenvalue weighted by Crippen LogP contribution is 2.33. The van der Waals surface area contributed by atoms with E-state index < -0.39 is 5.97 Å². The summed E-state index contributed by atoms with van der Waals surface area (Å²) in [5.41, 5.74) is 2.38. The van der Waals surface area contributed by atoms with Crippen LogP contribution in [0.2, 0.25) is 0 Å². The van der Waals surface area contributed by atoms with Crippen LogP contribution < -0.4 is 5.32 Å². The largest absolute Gasteiger partial charge is 0.462 e. The van der Waals surface area contributed by atoms with Gasteiger partial charge in [0.15, 0.2) is 0 Å². The van der Waals surface area contributed by atoms with Crippen molar-refractivity contribution in [2.75, 3.05) is 11.9 Å². The predicted octanol–water partition coefficient (Wildman–Crippen LogP) is 2.83. The highest BCUT2D eigenvalue weighted by Gasteiger charge is 2.23. The quantitative estimate of drug-likeness (QED) is 0.851. The van der Waals surface area contributed by atoms with Crippen molar-refractivity contribution in [2.24, 2.45) is 0 Å². The minimum Gasteiger partial charge on any atom is -0.462 e. The number of hydrogen-bond acceptors (Lipinski definition) is 5. The molecule has 1 amide bonds. The van der Waals surface area contributed by atoms with Crippen LogP contribution in [0.15, 0.2) is 6.20 Å². The Morgan fingerprint density at radius 1 is 1.38 bits per heavy atom. The zero-order valence-corrected chi connectivity index (χ0v) is 13.2. The second-order valence-corrected chi connectivity index (χ2v) is 5.80. The predicted molar refractivity (Wildman–Crippen MR) is 81.0 cm³/mol. The van der Waals surface area contributed by atoms with Crippen molar-refractivity contribution in [3.05, 3.63) is 33.5 Å². The smallest absolute Gasteiger partial charge is 0.341 e. The Labute approximate surface area is 126 Å². The zero-order valence-electron chi connectivity index (χ0n) is 12.4. The Bertz CT molecular complexity index is 688. The van der Waals surface area contributed by atoms with Crippen LogP contribution in [0.3, 0.4) is 0 Å². The maximum absolute atomic E-state index is 12.2. The van der Waals surface area contributed by atoms with Crippen LogP contribution in [0, 0.1) is 20.8 Å². The molecule has 6 nitrogen and oxygen atoms in total. The second-order valence-electron chi connectivity index (χ2n) is 4.57. The van der Waals surface area contributed by atoms with Gasteiger partial charge < -0.3 is 10.1 Å². The molecule has 0 aliphatic rings. The van der Waals surface area contributed by atoms with E-state index in [2.05, 4.69) is 15.5 Å². The van der Waals surface area contributed by atoms with E-state index in [4.69, 9.17) is 4.74 Å². The first-order valence-corrected chi connectivity index (χ1v) is 7.35. The van der Waals surface area contributed by atoms with E-state index in [1.807, 2.05) is 13.8 Å². The number of aromatic nitrogens is 2. The number of carbonyl (C=O) groups is 2. The molecule has 2 aromatic heterocycles. The average molecular weight is 307 g/mol. The number of amides is 1. The standard InChI is InChI=1S/C14H17N3O3S/c1-5-20-14(19)11-7(2)9(4)21-13(11)16-12(18)10-6-15-17-8(10)3/h6H,5H2,1-4H3,(H,15,17)(H,16,18). The van der Waals surface area contributed by atoms with Crippen molar-refractivity contribution < 1.29 is 14.3 Å². The molecule has 2 rings (SSSR count). The van der Waals surface area contributed by atoms with Gasteiger partial charge in [0.2, 0.25) is 0 Å². The van der Waals surface area contributed by atoms with E-state index >= 15 is 0 Å². The van der Waals surface area contributed by atoms with Crippen LogP contribution in [0.1, 0.15) is 43.8 Å². The Kier molecular flexibility index (Phi) is 4.42. The second kappa shape index (κ2) is 6.09. The number of nitrogens with zero attached hydrogens (tertiary/aromatic N) is 1. The van der Waals surface area contributed by atoms with Gasteiger partial charge in [-0.05, 0) is 33.3 Å². The number of H-pyrrole nitrogens is 1. The van der Waals surface area contributed by atoms with E-state index in [0.717, 1.165) is 10.4 Å². The van der Waals surface area contributed by atoms with E-state index in [1.165, 1.54) is 17.5 Å². The molecule has 0 bridgehead atoms. The molecule has 0 spiro atoms. The minimum atomic E-state index is -0.418. The molecule has 0 saturated heterocycles. The number of carbonyl (C=O) groups excluding carboxylic acids is 2. The van der Waals surface area contributed by atoms with Gasteiger partial charge in [-0.3, -0.25) is 9.89 Å². The van der Waals surface area contributed by atoms with Crippen LogP contribution in [-0.4, -0.2) is 28.7 Å². The fourth-order valence-corrected chi connectivity index (χ4v) is 2.96. The molecule has 7 heteroatoms. The SMILES string of the molecule is CCOC(=O)c1c(NC(=O)c2cn[nH]c2C)sc(C)c1C. The molecule has 0 aliphatic heterocycles. The first kappa shape index (κ1) is 15.2. The number of aryl methyl sites for hydroxylation is 2. The molecule has 2 aromatic rings. The van der Waals surface area contributed by atoms with Crippen LogP contribution in [-0.2, 0) is 4.74 Å². The summed E-state index contributed by atoms with van der Waals surface area (Å²) < 4.78 is 5.06. The third kappa shape index (κ3) is 2.97. The third-order valence-electron chi connectivity index (χ3n) is 3.17. The van der Waals surface area contributed by atoms with Crippen molar-refractivity contribution in [1.29, 1.82) is 0 Å². The Hall–Kier alpha value is -2.15. The lowest BCUT2D eigenvalue weighted by Gasteiger charge is -2.06. The van der Waals surface area contributed by atoms with Crippen molar-refractivity contribution in [3.63, 3.8) is 0 Å². The summed E-state index contributed by atoms with van der Waals surface area (Å²) >= 11 is 1.36. The van der Waals surface area contributed by atoms with Gasteiger partial charge in [-0.25, -0.2) is 4.79 Å². The molecule has 2 heterocycles. The van der Waals surface area contributed by atoms with Crippen LogP contribution >= 0.6 is 11.3 Å². The number of hydrogen-bond donors (Lipinski definition) is 2. The number of rotatable bonds is 4. The van der Waals surface area contributed by atoms with Crippen LogP contribution in [0.5, 0.6) is 0 Å². The molecule has 2 N–H and O–H groups in total. The molecule has 0 fully saturated rings. The topological polar surface area (TPSA) is 84.1 Å². The highest BCUT2D eigenvalue weighted by molar-refractivity contribution is 7.16. The minimum absolute atomic E-state index is 0.293. The Morgan fingerprint density at radius 2 is 2.10 bits per heavy atom. The molecule has 21 heavy (non-hydrogen) atoms. The van der Waals surface area contributed by atoms with Crippen molar-refractivity contribution in [3.8, 4) is 0 Å². The van der Waals surface area contributed by atoms with Gasteiger partial charge in [-0.15, -0.1) is 11.3 Å². The summed E-state index contributed by atoms with van der Waals surface area (Å²) in [4.78, 5) is 25.3. The van der Waals surface area contributed by atoms with Gasteiger partial charge in [-0.1, -0.05) is 0 Å². The molecule has 0 aromatic carbocycles. The summed E-state index contributed by atoms with van der Waals surface area (Å²) in [6.45, 7) is 7.55. The van der Waals surface area contributed by atoms with E-state index in [9.17, 15) is 9.59 Å². The molecule has 0 atom stereocenters. The normalized spacial score (nSPS) is 10.5. The number of anilines is 1. The summed E-state index contributed by atoms with van der Waals surface area (Å²) in [5.74, 6) is -0.716. The maximum atomic E-state index is 12.2. The maximum Gasteiger partial charge on any atom is 0.341 e. The van der Waals surface area contributed by atoms with Crippen molar-refractivity contribution in [1.82, 2.24) is 10.2 Å². The van der Waals surface area contributed by atoms with E-state index in [1.54, 1.807) is 13.8 Å². The lowest BCUT2D eigenvalue weighted by atomic mass is 10.1. The van der Waals surface area contributed by atoms with E-state index in [0.29, 0.717) is 28.4 Å². The van der Waals surface area contributed by atoms with Gasteiger partial charge in [0, 0.05) is 10.6 Å². The van der Waals surface area contributed by atoms with Crippen LogP contribution in [0.25, 0.3) is 0 Å². The molecular formula is C14H17N3O3S.